The first-order valence-corrected chi connectivity index (χ1v) is 7.54. The summed E-state index contributed by atoms with van der Waals surface area (Å²) in [4.78, 5) is 17.8. The lowest BCUT2D eigenvalue weighted by Gasteiger charge is -2.29. The number of likely N-dealkylation sites (tertiary alicyclic amines) is 1. The number of nitrogens with zero attached hydrogens (tertiary/aromatic N) is 2. The fraction of sp³-hybridized carbons (Fsp3) is 0.429. The van der Waals surface area contributed by atoms with E-state index in [2.05, 4.69) is 9.88 Å². The molecule has 0 spiro atoms. The predicted molar refractivity (Wildman–Crippen MR) is 75.5 cm³/mol. The molecule has 2 aromatic heterocycles. The van der Waals surface area contributed by atoms with Crippen molar-refractivity contribution >= 4 is 17.3 Å². The molecule has 0 bridgehead atoms. The van der Waals surface area contributed by atoms with E-state index in [-0.39, 0.29) is 5.92 Å². The van der Waals surface area contributed by atoms with Crippen LogP contribution in [-0.2, 0) is 11.3 Å². The lowest BCUT2D eigenvalue weighted by molar-refractivity contribution is -0.143. The van der Waals surface area contributed by atoms with Crippen LogP contribution < -0.4 is 0 Å². The van der Waals surface area contributed by atoms with Gasteiger partial charge in [0.1, 0.15) is 10.7 Å². The van der Waals surface area contributed by atoms with Gasteiger partial charge in [0, 0.05) is 11.9 Å². The number of aromatic nitrogens is 1. The van der Waals surface area contributed by atoms with Gasteiger partial charge in [0.15, 0.2) is 5.76 Å². The molecule has 3 heterocycles. The highest BCUT2D eigenvalue weighted by molar-refractivity contribution is 7.09. The van der Waals surface area contributed by atoms with Gasteiger partial charge in [-0.3, -0.25) is 9.69 Å². The van der Waals surface area contributed by atoms with Gasteiger partial charge in [-0.25, -0.2) is 4.98 Å². The van der Waals surface area contributed by atoms with Gasteiger partial charge >= 0.3 is 5.97 Å². The molecular weight excluding hydrogens is 276 g/mol. The Morgan fingerprint density at radius 3 is 3.25 bits per heavy atom. The largest absolute Gasteiger partial charge is 0.481 e. The molecule has 1 saturated heterocycles. The normalized spacial score (nSPS) is 20.1. The van der Waals surface area contributed by atoms with E-state index in [1.165, 1.54) is 0 Å². The summed E-state index contributed by atoms with van der Waals surface area (Å²) in [6.07, 6.45) is 3.35. The van der Waals surface area contributed by atoms with Crippen molar-refractivity contribution < 1.29 is 14.3 Å². The maximum absolute atomic E-state index is 11.1. The molecule has 3 rings (SSSR count). The molecule has 20 heavy (non-hydrogen) atoms. The summed E-state index contributed by atoms with van der Waals surface area (Å²) >= 11 is 1.59. The van der Waals surface area contributed by atoms with E-state index in [0.29, 0.717) is 6.54 Å². The third kappa shape index (κ3) is 2.91. The standard InChI is InChI=1S/C14H16N2O3S/c17-14(18)10-3-1-5-16(7-10)8-13-15-11(9-20-13)12-4-2-6-19-12/h2,4,6,9-10H,1,3,5,7-8H2,(H,17,18). The Hall–Kier alpha value is -1.66. The van der Waals surface area contributed by atoms with Gasteiger partial charge in [0.05, 0.1) is 18.7 Å². The van der Waals surface area contributed by atoms with Crippen molar-refractivity contribution in [1.29, 1.82) is 0 Å². The van der Waals surface area contributed by atoms with Crippen LogP contribution in [0.25, 0.3) is 11.5 Å². The average molecular weight is 292 g/mol. The lowest BCUT2D eigenvalue weighted by Crippen LogP contribution is -2.38. The number of hydrogen-bond donors (Lipinski definition) is 1. The number of rotatable bonds is 4. The van der Waals surface area contributed by atoms with Gasteiger partial charge in [-0.15, -0.1) is 11.3 Å². The first-order valence-electron chi connectivity index (χ1n) is 6.66. The van der Waals surface area contributed by atoms with Gasteiger partial charge in [0.2, 0.25) is 0 Å². The second kappa shape index (κ2) is 5.76. The molecule has 1 aliphatic rings. The fourth-order valence-corrected chi connectivity index (χ4v) is 3.34. The van der Waals surface area contributed by atoms with Crippen LogP contribution in [0.15, 0.2) is 28.2 Å². The minimum absolute atomic E-state index is 0.242. The summed E-state index contributed by atoms with van der Waals surface area (Å²) in [6, 6.07) is 3.73. The Kier molecular flexibility index (Phi) is 3.84. The average Bonchev–Trinajstić information content (AvgIpc) is 3.09. The summed E-state index contributed by atoms with van der Waals surface area (Å²) in [5.74, 6) is -0.159. The summed E-state index contributed by atoms with van der Waals surface area (Å²) < 4.78 is 5.32. The van der Waals surface area contributed by atoms with Crippen LogP contribution in [0, 0.1) is 5.92 Å². The van der Waals surface area contributed by atoms with Crippen LogP contribution >= 0.6 is 11.3 Å². The van der Waals surface area contributed by atoms with E-state index in [4.69, 9.17) is 9.52 Å². The molecule has 6 heteroatoms. The number of carbonyl (C=O) groups is 1. The highest BCUT2D eigenvalue weighted by atomic mass is 32.1. The molecule has 1 fully saturated rings. The molecule has 0 aromatic carbocycles. The molecule has 1 aliphatic heterocycles. The van der Waals surface area contributed by atoms with Crippen LogP contribution in [0.2, 0.25) is 0 Å². The molecule has 5 nitrogen and oxygen atoms in total. The van der Waals surface area contributed by atoms with E-state index in [1.54, 1.807) is 17.6 Å². The van der Waals surface area contributed by atoms with Gasteiger partial charge < -0.3 is 9.52 Å². The summed E-state index contributed by atoms with van der Waals surface area (Å²) in [5, 5.41) is 12.1. The fourth-order valence-electron chi connectivity index (χ4n) is 2.51. The third-order valence-electron chi connectivity index (χ3n) is 3.54. The van der Waals surface area contributed by atoms with E-state index >= 15 is 0 Å². The maximum Gasteiger partial charge on any atom is 0.307 e. The maximum atomic E-state index is 11.1. The summed E-state index contributed by atoms with van der Waals surface area (Å²) in [5.41, 5.74) is 0.849. The van der Waals surface area contributed by atoms with Crippen molar-refractivity contribution in [3.8, 4) is 11.5 Å². The Morgan fingerprint density at radius 2 is 2.50 bits per heavy atom. The van der Waals surface area contributed by atoms with Crippen molar-refractivity contribution in [2.75, 3.05) is 13.1 Å². The molecule has 1 unspecified atom stereocenters. The predicted octanol–water partition coefficient (Wildman–Crippen LogP) is 2.70. The smallest absolute Gasteiger partial charge is 0.307 e. The van der Waals surface area contributed by atoms with Crippen molar-refractivity contribution in [3.05, 3.63) is 28.8 Å². The molecule has 1 atom stereocenters. The van der Waals surface area contributed by atoms with Crippen LogP contribution in [-0.4, -0.2) is 34.0 Å². The Labute approximate surface area is 120 Å². The van der Waals surface area contributed by atoms with Gasteiger partial charge in [0.25, 0.3) is 0 Å². The van der Waals surface area contributed by atoms with Gasteiger partial charge in [-0.1, -0.05) is 0 Å². The van der Waals surface area contributed by atoms with Crippen LogP contribution in [0.1, 0.15) is 17.8 Å². The molecule has 1 N–H and O–H groups in total. The second-order valence-corrected chi connectivity index (χ2v) is 5.96. The van der Waals surface area contributed by atoms with E-state index < -0.39 is 5.97 Å². The van der Waals surface area contributed by atoms with E-state index in [0.717, 1.165) is 42.4 Å². The zero-order valence-corrected chi connectivity index (χ0v) is 11.8. The molecule has 106 valence electrons. The Balaban J connectivity index is 1.64. The SMILES string of the molecule is O=C(O)C1CCCN(Cc2nc(-c3ccco3)cs2)C1. The minimum Gasteiger partial charge on any atom is -0.481 e. The topological polar surface area (TPSA) is 66.6 Å². The van der Waals surface area contributed by atoms with E-state index in [9.17, 15) is 4.79 Å². The zero-order chi connectivity index (χ0) is 13.9. The lowest BCUT2D eigenvalue weighted by atomic mass is 9.98. The number of aliphatic carboxylic acids is 1. The zero-order valence-electron chi connectivity index (χ0n) is 11.0. The van der Waals surface area contributed by atoms with Gasteiger partial charge in [-0.05, 0) is 31.5 Å². The Morgan fingerprint density at radius 1 is 1.60 bits per heavy atom. The molecule has 0 amide bonds. The Bertz CT molecular complexity index is 579. The quantitative estimate of drug-likeness (QED) is 0.938. The highest BCUT2D eigenvalue weighted by Gasteiger charge is 2.25. The van der Waals surface area contributed by atoms with Crippen LogP contribution in [0.3, 0.4) is 0 Å². The molecule has 2 aromatic rings. The monoisotopic (exact) mass is 292 g/mol. The number of carboxylic acid groups (broad SMARTS) is 1. The number of piperidine rings is 1. The second-order valence-electron chi connectivity index (χ2n) is 5.02. The third-order valence-corrected chi connectivity index (χ3v) is 4.37. The first kappa shape index (κ1) is 13.3. The van der Waals surface area contributed by atoms with Crippen molar-refractivity contribution in [3.63, 3.8) is 0 Å². The number of carboxylic acids is 1. The van der Waals surface area contributed by atoms with Crippen molar-refractivity contribution in [1.82, 2.24) is 9.88 Å². The number of thiazole rings is 1. The summed E-state index contributed by atoms with van der Waals surface area (Å²) in [7, 11) is 0. The molecule has 0 radical (unpaired) electrons. The molecule has 0 aliphatic carbocycles. The molecular formula is C14H16N2O3S. The van der Waals surface area contributed by atoms with Crippen molar-refractivity contribution in [2.45, 2.75) is 19.4 Å². The number of furan rings is 1. The highest BCUT2D eigenvalue weighted by Crippen LogP contribution is 2.24. The van der Waals surface area contributed by atoms with Crippen LogP contribution in [0.5, 0.6) is 0 Å². The van der Waals surface area contributed by atoms with E-state index in [1.807, 2.05) is 17.5 Å². The molecule has 0 saturated carbocycles. The minimum atomic E-state index is -0.690. The first-order chi connectivity index (χ1) is 9.72. The van der Waals surface area contributed by atoms with Crippen LogP contribution in [0.4, 0.5) is 0 Å². The van der Waals surface area contributed by atoms with Crippen molar-refractivity contribution in [2.24, 2.45) is 5.92 Å². The van der Waals surface area contributed by atoms with Gasteiger partial charge in [-0.2, -0.15) is 0 Å². The number of hydrogen-bond acceptors (Lipinski definition) is 5. The summed E-state index contributed by atoms with van der Waals surface area (Å²) in [6.45, 7) is 2.28.